The molecule has 0 bridgehead atoms. The maximum atomic E-state index is 12.2. The molecule has 0 fully saturated rings. The Morgan fingerprint density at radius 3 is 2.68 bits per heavy atom. The Kier molecular flexibility index (Phi) is 4.04. The van der Waals surface area contributed by atoms with Gasteiger partial charge in [-0.1, -0.05) is 12.1 Å². The number of nitrogens with one attached hydrogen (secondary N) is 1. The molecule has 0 radical (unpaired) electrons. The molecule has 0 aliphatic carbocycles. The first-order chi connectivity index (χ1) is 9.00. The van der Waals surface area contributed by atoms with Gasteiger partial charge in [0.15, 0.2) is 0 Å². The van der Waals surface area contributed by atoms with Crippen LogP contribution in [-0.4, -0.2) is 15.7 Å². The molecule has 1 aromatic carbocycles. The summed E-state index contributed by atoms with van der Waals surface area (Å²) in [5, 5.41) is 7.18. The van der Waals surface area contributed by atoms with Gasteiger partial charge in [-0.2, -0.15) is 5.10 Å². The number of hydrogen-bond donors (Lipinski definition) is 1. The Labute approximate surface area is 120 Å². The molecule has 0 saturated heterocycles. The quantitative estimate of drug-likeness (QED) is 0.944. The highest BCUT2D eigenvalue weighted by molar-refractivity contribution is 9.10. The number of halogens is 1. The van der Waals surface area contributed by atoms with E-state index in [1.807, 2.05) is 39.1 Å². The van der Waals surface area contributed by atoms with Crippen molar-refractivity contribution in [2.24, 2.45) is 7.05 Å². The number of carbonyl (C=O) groups is 1. The summed E-state index contributed by atoms with van der Waals surface area (Å²) in [7, 11) is 1.89. The van der Waals surface area contributed by atoms with E-state index in [1.54, 1.807) is 16.9 Å². The standard InChI is InChI=1S/C14H16BrN3O/c1-9(12-8-16-18(3)10(12)2)17-14(19)11-6-4-5-7-13(11)15/h4-9H,1-3H3,(H,17,19). The number of nitrogens with zero attached hydrogens (tertiary/aromatic N) is 2. The fraction of sp³-hybridized carbons (Fsp3) is 0.286. The fourth-order valence-corrected chi connectivity index (χ4v) is 2.40. The van der Waals surface area contributed by atoms with Gasteiger partial charge in [0.2, 0.25) is 0 Å². The van der Waals surface area contributed by atoms with Crippen LogP contribution in [0.4, 0.5) is 0 Å². The van der Waals surface area contributed by atoms with Gasteiger partial charge in [-0.3, -0.25) is 9.48 Å². The van der Waals surface area contributed by atoms with E-state index in [2.05, 4.69) is 26.3 Å². The van der Waals surface area contributed by atoms with Crippen LogP contribution in [0.5, 0.6) is 0 Å². The minimum Gasteiger partial charge on any atom is -0.345 e. The molecule has 0 aliphatic heterocycles. The van der Waals surface area contributed by atoms with Crippen LogP contribution >= 0.6 is 15.9 Å². The Bertz CT molecular complexity index is 606. The minimum absolute atomic E-state index is 0.0756. The first kappa shape index (κ1) is 13.8. The molecule has 5 heteroatoms. The Morgan fingerprint density at radius 1 is 1.42 bits per heavy atom. The molecule has 1 heterocycles. The van der Waals surface area contributed by atoms with Crippen LogP contribution in [0.1, 0.15) is 34.6 Å². The zero-order valence-corrected chi connectivity index (χ0v) is 12.7. The van der Waals surface area contributed by atoms with Gasteiger partial charge in [0, 0.05) is 22.8 Å². The molecule has 0 aliphatic rings. The highest BCUT2D eigenvalue weighted by Gasteiger charge is 2.16. The lowest BCUT2D eigenvalue weighted by Crippen LogP contribution is -2.27. The van der Waals surface area contributed by atoms with E-state index in [0.717, 1.165) is 15.7 Å². The summed E-state index contributed by atoms with van der Waals surface area (Å²) in [4.78, 5) is 12.2. The van der Waals surface area contributed by atoms with Gasteiger partial charge in [-0.15, -0.1) is 0 Å². The maximum absolute atomic E-state index is 12.2. The van der Waals surface area contributed by atoms with E-state index in [9.17, 15) is 4.79 Å². The largest absolute Gasteiger partial charge is 0.345 e. The van der Waals surface area contributed by atoms with E-state index >= 15 is 0 Å². The maximum Gasteiger partial charge on any atom is 0.252 e. The summed E-state index contributed by atoms with van der Waals surface area (Å²) in [5.41, 5.74) is 2.72. The van der Waals surface area contributed by atoms with E-state index < -0.39 is 0 Å². The third-order valence-corrected chi connectivity index (χ3v) is 3.90. The van der Waals surface area contributed by atoms with Crippen LogP contribution in [0.2, 0.25) is 0 Å². The van der Waals surface area contributed by atoms with Crippen LogP contribution in [0.15, 0.2) is 34.9 Å². The normalized spacial score (nSPS) is 12.2. The summed E-state index contributed by atoms with van der Waals surface area (Å²) in [5.74, 6) is -0.0942. The van der Waals surface area contributed by atoms with Crippen molar-refractivity contribution < 1.29 is 4.79 Å². The molecule has 2 rings (SSSR count). The molecule has 0 saturated carbocycles. The van der Waals surface area contributed by atoms with Crippen molar-refractivity contribution in [3.63, 3.8) is 0 Å². The van der Waals surface area contributed by atoms with Gasteiger partial charge in [-0.05, 0) is 41.9 Å². The van der Waals surface area contributed by atoms with Crippen LogP contribution in [-0.2, 0) is 7.05 Å². The lowest BCUT2D eigenvalue weighted by Gasteiger charge is -2.14. The average Bonchev–Trinajstić information content (AvgIpc) is 2.70. The third kappa shape index (κ3) is 2.87. The number of aryl methyl sites for hydroxylation is 1. The molecular formula is C14H16BrN3O. The summed E-state index contributed by atoms with van der Waals surface area (Å²) < 4.78 is 2.60. The molecule has 19 heavy (non-hydrogen) atoms. The summed E-state index contributed by atoms with van der Waals surface area (Å²) >= 11 is 3.38. The third-order valence-electron chi connectivity index (χ3n) is 3.21. The number of amides is 1. The van der Waals surface area contributed by atoms with Gasteiger partial charge < -0.3 is 5.32 Å². The van der Waals surface area contributed by atoms with Crippen LogP contribution < -0.4 is 5.32 Å². The van der Waals surface area contributed by atoms with E-state index in [1.165, 1.54) is 0 Å². The SMILES string of the molecule is Cc1c(C(C)NC(=O)c2ccccc2Br)cnn1C. The molecule has 1 N–H and O–H groups in total. The smallest absolute Gasteiger partial charge is 0.252 e. The summed E-state index contributed by atoms with van der Waals surface area (Å²) in [6, 6.07) is 7.31. The second kappa shape index (κ2) is 5.57. The summed E-state index contributed by atoms with van der Waals surface area (Å²) in [6.45, 7) is 3.95. The molecule has 2 aromatic rings. The van der Waals surface area contributed by atoms with Crippen molar-refractivity contribution in [2.75, 3.05) is 0 Å². The first-order valence-electron chi connectivity index (χ1n) is 6.04. The Balaban J connectivity index is 2.16. The van der Waals surface area contributed by atoms with Gasteiger partial charge >= 0.3 is 0 Å². The predicted octanol–water partition coefficient (Wildman–Crippen LogP) is 2.98. The topological polar surface area (TPSA) is 46.9 Å². The fourth-order valence-electron chi connectivity index (χ4n) is 1.94. The molecule has 100 valence electrons. The van der Waals surface area contributed by atoms with Crippen molar-refractivity contribution in [1.82, 2.24) is 15.1 Å². The average molecular weight is 322 g/mol. The predicted molar refractivity (Wildman–Crippen MR) is 78.0 cm³/mol. The number of carbonyl (C=O) groups excluding carboxylic acids is 1. The number of benzene rings is 1. The molecule has 0 spiro atoms. The molecule has 1 amide bonds. The molecule has 1 unspecified atom stereocenters. The molecule has 1 atom stereocenters. The first-order valence-corrected chi connectivity index (χ1v) is 6.84. The van der Waals surface area contributed by atoms with Gasteiger partial charge in [0.25, 0.3) is 5.91 Å². The molecular weight excluding hydrogens is 306 g/mol. The molecule has 4 nitrogen and oxygen atoms in total. The Morgan fingerprint density at radius 2 is 2.11 bits per heavy atom. The minimum atomic E-state index is -0.0942. The number of hydrogen-bond acceptors (Lipinski definition) is 2. The van der Waals surface area contributed by atoms with Crippen LogP contribution in [0, 0.1) is 6.92 Å². The zero-order valence-electron chi connectivity index (χ0n) is 11.1. The highest BCUT2D eigenvalue weighted by Crippen LogP contribution is 2.19. The van der Waals surface area contributed by atoms with Crippen molar-refractivity contribution in [3.8, 4) is 0 Å². The van der Waals surface area contributed by atoms with Crippen molar-refractivity contribution >= 4 is 21.8 Å². The second-order valence-electron chi connectivity index (χ2n) is 4.48. The van der Waals surface area contributed by atoms with Crippen LogP contribution in [0.3, 0.4) is 0 Å². The second-order valence-corrected chi connectivity index (χ2v) is 5.34. The van der Waals surface area contributed by atoms with E-state index in [-0.39, 0.29) is 11.9 Å². The van der Waals surface area contributed by atoms with E-state index in [4.69, 9.17) is 0 Å². The lowest BCUT2D eigenvalue weighted by molar-refractivity contribution is 0.0939. The highest BCUT2D eigenvalue weighted by atomic mass is 79.9. The van der Waals surface area contributed by atoms with E-state index in [0.29, 0.717) is 5.56 Å². The van der Waals surface area contributed by atoms with Crippen molar-refractivity contribution in [1.29, 1.82) is 0 Å². The summed E-state index contributed by atoms with van der Waals surface area (Å²) in [6.07, 6.45) is 1.79. The Hall–Kier alpha value is -1.62. The van der Waals surface area contributed by atoms with Crippen molar-refractivity contribution in [2.45, 2.75) is 19.9 Å². The van der Waals surface area contributed by atoms with Gasteiger partial charge in [0.05, 0.1) is 17.8 Å². The van der Waals surface area contributed by atoms with Crippen LogP contribution in [0.25, 0.3) is 0 Å². The zero-order chi connectivity index (χ0) is 14.0. The monoisotopic (exact) mass is 321 g/mol. The van der Waals surface area contributed by atoms with Gasteiger partial charge in [-0.25, -0.2) is 0 Å². The molecule has 1 aromatic heterocycles. The number of rotatable bonds is 3. The van der Waals surface area contributed by atoms with Gasteiger partial charge in [0.1, 0.15) is 0 Å². The number of aromatic nitrogens is 2. The lowest BCUT2D eigenvalue weighted by atomic mass is 10.1. The van der Waals surface area contributed by atoms with Crippen molar-refractivity contribution in [3.05, 3.63) is 51.8 Å².